The zero-order chi connectivity index (χ0) is 11.5. The van der Waals surface area contributed by atoms with Gasteiger partial charge >= 0.3 is 0 Å². The van der Waals surface area contributed by atoms with E-state index in [1.165, 1.54) is 0 Å². The normalized spacial score (nSPS) is 9.81. The Balaban J connectivity index is 2.81. The molecular formula is C14H12O2. The molecule has 2 nitrogen and oxygen atoms in total. The molecule has 0 atom stereocenters. The van der Waals surface area contributed by atoms with Crippen LogP contribution in [0.2, 0.25) is 0 Å². The molecule has 0 radical (unpaired) electrons. The molecule has 0 saturated heterocycles. The lowest BCUT2D eigenvalue weighted by atomic mass is 10.0. The molecule has 0 saturated carbocycles. The van der Waals surface area contributed by atoms with Crippen LogP contribution < -0.4 is 9.47 Å². The van der Waals surface area contributed by atoms with Gasteiger partial charge < -0.3 is 9.47 Å². The van der Waals surface area contributed by atoms with Gasteiger partial charge in [-0.3, -0.25) is 0 Å². The summed E-state index contributed by atoms with van der Waals surface area (Å²) >= 11 is 0. The molecule has 2 aromatic carbocycles. The van der Waals surface area contributed by atoms with E-state index in [1.54, 1.807) is 14.2 Å². The van der Waals surface area contributed by atoms with Crippen molar-refractivity contribution in [3.8, 4) is 23.8 Å². The van der Waals surface area contributed by atoms with Crippen LogP contribution in [0.3, 0.4) is 0 Å². The molecule has 0 unspecified atom stereocenters. The average molecular weight is 212 g/mol. The van der Waals surface area contributed by atoms with E-state index in [-0.39, 0.29) is 0 Å². The van der Waals surface area contributed by atoms with E-state index in [9.17, 15) is 0 Å². The Labute approximate surface area is 94.8 Å². The summed E-state index contributed by atoms with van der Waals surface area (Å²) in [6.45, 7) is 0. The molecule has 16 heavy (non-hydrogen) atoms. The molecule has 0 spiro atoms. The van der Waals surface area contributed by atoms with Crippen molar-refractivity contribution >= 4 is 10.8 Å². The van der Waals surface area contributed by atoms with Crippen molar-refractivity contribution in [3.05, 3.63) is 35.9 Å². The zero-order valence-electron chi connectivity index (χ0n) is 9.28. The summed E-state index contributed by atoms with van der Waals surface area (Å²) in [6, 6.07) is 9.52. The number of terminal acetylenes is 1. The van der Waals surface area contributed by atoms with E-state index >= 15 is 0 Å². The fraction of sp³-hybridized carbons (Fsp3) is 0.143. The molecule has 0 aliphatic heterocycles. The van der Waals surface area contributed by atoms with Crippen molar-refractivity contribution in [2.45, 2.75) is 0 Å². The Hall–Kier alpha value is -2.14. The molecule has 2 rings (SSSR count). The first-order valence-corrected chi connectivity index (χ1v) is 4.91. The van der Waals surface area contributed by atoms with Gasteiger partial charge in [0.05, 0.1) is 14.2 Å². The summed E-state index contributed by atoms with van der Waals surface area (Å²) in [5, 5.41) is 1.97. The van der Waals surface area contributed by atoms with Crippen molar-refractivity contribution in [3.63, 3.8) is 0 Å². The summed E-state index contributed by atoms with van der Waals surface area (Å²) in [7, 11) is 3.28. The second-order valence-electron chi connectivity index (χ2n) is 3.37. The molecule has 0 aliphatic carbocycles. The zero-order valence-corrected chi connectivity index (χ0v) is 9.28. The second kappa shape index (κ2) is 4.16. The van der Waals surface area contributed by atoms with E-state index in [0.717, 1.165) is 27.8 Å². The highest BCUT2D eigenvalue weighted by molar-refractivity contribution is 5.94. The fourth-order valence-electron chi connectivity index (χ4n) is 1.73. The van der Waals surface area contributed by atoms with Gasteiger partial charge in [0.2, 0.25) is 0 Å². The van der Waals surface area contributed by atoms with E-state index in [2.05, 4.69) is 5.92 Å². The molecule has 2 aromatic rings. The molecular weight excluding hydrogens is 200 g/mol. The third-order valence-electron chi connectivity index (χ3n) is 2.56. The van der Waals surface area contributed by atoms with Crippen LogP contribution >= 0.6 is 0 Å². The first kappa shape index (κ1) is 10.4. The van der Waals surface area contributed by atoms with Crippen molar-refractivity contribution < 1.29 is 9.47 Å². The van der Waals surface area contributed by atoms with Gasteiger partial charge in [-0.2, -0.15) is 0 Å². The van der Waals surface area contributed by atoms with E-state index in [1.807, 2.05) is 30.3 Å². The largest absolute Gasteiger partial charge is 0.497 e. The molecule has 80 valence electrons. The second-order valence-corrected chi connectivity index (χ2v) is 3.37. The Morgan fingerprint density at radius 1 is 1.00 bits per heavy atom. The standard InChI is InChI=1S/C14H12O2/c1-4-10-5-8-14(16-3)12-7-6-11(15-2)9-13(10)12/h1,5-9H,2-3H3. The van der Waals surface area contributed by atoms with Gasteiger partial charge in [0.15, 0.2) is 0 Å². The minimum atomic E-state index is 0.789. The Kier molecular flexibility index (Phi) is 2.70. The lowest BCUT2D eigenvalue weighted by molar-refractivity contribution is 0.414. The number of benzene rings is 2. The SMILES string of the molecule is C#Cc1ccc(OC)c2ccc(OC)cc12. The molecule has 0 N–H and O–H groups in total. The van der Waals surface area contributed by atoms with Gasteiger partial charge in [-0.05, 0) is 30.3 Å². The smallest absolute Gasteiger partial charge is 0.126 e. The predicted molar refractivity (Wildman–Crippen MR) is 65.0 cm³/mol. The highest BCUT2D eigenvalue weighted by Crippen LogP contribution is 2.30. The highest BCUT2D eigenvalue weighted by Gasteiger charge is 2.06. The van der Waals surface area contributed by atoms with Crippen LogP contribution in [-0.4, -0.2) is 14.2 Å². The predicted octanol–water partition coefficient (Wildman–Crippen LogP) is 2.84. The van der Waals surface area contributed by atoms with E-state index < -0.39 is 0 Å². The lowest BCUT2D eigenvalue weighted by Gasteiger charge is -2.08. The maximum atomic E-state index is 5.47. The van der Waals surface area contributed by atoms with Gasteiger partial charge in [0, 0.05) is 16.3 Å². The van der Waals surface area contributed by atoms with Crippen LogP contribution in [0, 0.1) is 12.3 Å². The van der Waals surface area contributed by atoms with Crippen LogP contribution in [0.4, 0.5) is 0 Å². The third-order valence-corrected chi connectivity index (χ3v) is 2.56. The quantitative estimate of drug-likeness (QED) is 0.713. The summed E-state index contributed by atoms with van der Waals surface area (Å²) in [5.74, 6) is 4.27. The number of ether oxygens (including phenoxy) is 2. The number of fused-ring (bicyclic) bond motifs is 1. The van der Waals surface area contributed by atoms with Gasteiger partial charge in [0.25, 0.3) is 0 Å². The molecule has 0 fully saturated rings. The monoisotopic (exact) mass is 212 g/mol. The summed E-state index contributed by atoms with van der Waals surface area (Å²) in [6.07, 6.45) is 5.47. The van der Waals surface area contributed by atoms with Crippen LogP contribution in [-0.2, 0) is 0 Å². The summed E-state index contributed by atoms with van der Waals surface area (Å²) < 4.78 is 10.5. The average Bonchev–Trinajstić information content (AvgIpc) is 2.36. The van der Waals surface area contributed by atoms with Gasteiger partial charge in [-0.1, -0.05) is 5.92 Å². The molecule has 2 heteroatoms. The molecule has 0 aliphatic rings. The first-order chi connectivity index (χ1) is 7.80. The maximum Gasteiger partial charge on any atom is 0.126 e. The fourth-order valence-corrected chi connectivity index (χ4v) is 1.73. The van der Waals surface area contributed by atoms with Crippen molar-refractivity contribution in [1.82, 2.24) is 0 Å². The number of hydrogen-bond acceptors (Lipinski definition) is 2. The minimum Gasteiger partial charge on any atom is -0.497 e. The van der Waals surface area contributed by atoms with Crippen LogP contribution in [0.5, 0.6) is 11.5 Å². The summed E-state index contributed by atoms with van der Waals surface area (Å²) in [4.78, 5) is 0. The van der Waals surface area contributed by atoms with Crippen LogP contribution in [0.25, 0.3) is 10.8 Å². The molecule has 0 aromatic heterocycles. The van der Waals surface area contributed by atoms with Crippen LogP contribution in [0.1, 0.15) is 5.56 Å². The Morgan fingerprint density at radius 2 is 1.81 bits per heavy atom. The molecule has 0 amide bonds. The Bertz CT molecular complexity index is 565. The highest BCUT2D eigenvalue weighted by atomic mass is 16.5. The lowest BCUT2D eigenvalue weighted by Crippen LogP contribution is -1.89. The van der Waals surface area contributed by atoms with Crippen LogP contribution in [0.15, 0.2) is 30.3 Å². The molecule has 0 heterocycles. The minimum absolute atomic E-state index is 0.789. The van der Waals surface area contributed by atoms with Crippen molar-refractivity contribution in [2.75, 3.05) is 14.2 Å². The number of hydrogen-bond donors (Lipinski definition) is 0. The van der Waals surface area contributed by atoms with E-state index in [0.29, 0.717) is 0 Å². The number of rotatable bonds is 2. The van der Waals surface area contributed by atoms with E-state index in [4.69, 9.17) is 15.9 Å². The maximum absolute atomic E-state index is 5.47. The summed E-state index contributed by atoms with van der Waals surface area (Å²) in [5.41, 5.74) is 0.842. The third kappa shape index (κ3) is 1.57. The van der Waals surface area contributed by atoms with Gasteiger partial charge in [-0.25, -0.2) is 0 Å². The Morgan fingerprint density at radius 3 is 2.44 bits per heavy atom. The topological polar surface area (TPSA) is 18.5 Å². The number of methoxy groups -OCH3 is 2. The van der Waals surface area contributed by atoms with Gasteiger partial charge in [0.1, 0.15) is 11.5 Å². The first-order valence-electron chi connectivity index (χ1n) is 4.91. The van der Waals surface area contributed by atoms with Crippen molar-refractivity contribution in [1.29, 1.82) is 0 Å². The van der Waals surface area contributed by atoms with Crippen molar-refractivity contribution in [2.24, 2.45) is 0 Å². The molecule has 0 bridgehead atoms. The van der Waals surface area contributed by atoms with Gasteiger partial charge in [-0.15, -0.1) is 6.42 Å².